The first kappa shape index (κ1) is 28.0. The molecule has 200 valence electrons. The number of amides is 3. The molecule has 0 radical (unpaired) electrons. The second-order valence-corrected chi connectivity index (χ2v) is 10.00. The quantitative estimate of drug-likeness (QED) is 0.622. The summed E-state index contributed by atoms with van der Waals surface area (Å²) in [7, 11) is 0. The van der Waals surface area contributed by atoms with Crippen LogP contribution in [0.4, 0.5) is 13.2 Å². The van der Waals surface area contributed by atoms with Gasteiger partial charge in [-0.3, -0.25) is 14.4 Å². The Hall–Kier alpha value is -2.53. The van der Waals surface area contributed by atoms with Gasteiger partial charge in [0, 0.05) is 31.1 Å². The van der Waals surface area contributed by atoms with Crippen LogP contribution in [-0.4, -0.2) is 71.5 Å². The fourth-order valence-electron chi connectivity index (χ4n) is 5.12. The summed E-state index contributed by atoms with van der Waals surface area (Å²) in [5.74, 6) is -1.21. The van der Waals surface area contributed by atoms with Crippen LogP contribution in [0.1, 0.15) is 51.1 Å². The number of rotatable bonds is 3. The van der Waals surface area contributed by atoms with Crippen LogP contribution in [0.15, 0.2) is 24.3 Å². The Balaban J connectivity index is 0.00000361. The van der Waals surface area contributed by atoms with Gasteiger partial charge in [-0.25, -0.2) is 0 Å². The topological polar surface area (TPSA) is 105 Å². The van der Waals surface area contributed by atoms with Gasteiger partial charge >= 0.3 is 6.18 Å². The smallest absolute Gasteiger partial charge is 0.402 e. The predicted molar refractivity (Wildman–Crippen MR) is 127 cm³/mol. The minimum Gasteiger partial charge on any atom is -0.493 e. The number of fused-ring (bicyclic) bond motifs is 2. The summed E-state index contributed by atoms with van der Waals surface area (Å²) in [6.07, 6.45) is -2.93. The number of ether oxygens (including phenoxy) is 1. The van der Waals surface area contributed by atoms with E-state index in [0.717, 1.165) is 24.3 Å². The van der Waals surface area contributed by atoms with Gasteiger partial charge in [-0.2, -0.15) is 13.2 Å². The molecule has 1 aromatic rings. The summed E-state index contributed by atoms with van der Waals surface area (Å²) < 4.78 is 45.9. The number of hydrogen-bond donors (Lipinski definition) is 2. The Morgan fingerprint density at radius 3 is 2.50 bits per heavy atom. The van der Waals surface area contributed by atoms with Gasteiger partial charge in [0.05, 0.1) is 12.6 Å². The van der Waals surface area contributed by atoms with Crippen LogP contribution in [0.25, 0.3) is 0 Å². The van der Waals surface area contributed by atoms with E-state index in [-0.39, 0.29) is 49.9 Å². The van der Waals surface area contributed by atoms with Gasteiger partial charge in [0.1, 0.15) is 23.2 Å². The minimum atomic E-state index is -4.73. The van der Waals surface area contributed by atoms with Gasteiger partial charge < -0.3 is 25.6 Å². The number of hydrogen-bond acceptors (Lipinski definition) is 5. The van der Waals surface area contributed by atoms with Crippen LogP contribution < -0.4 is 15.8 Å². The van der Waals surface area contributed by atoms with Crippen molar-refractivity contribution in [2.24, 2.45) is 11.1 Å². The lowest BCUT2D eigenvalue weighted by atomic mass is 9.90. The molecule has 3 aliphatic heterocycles. The van der Waals surface area contributed by atoms with Crippen molar-refractivity contribution in [2.75, 3.05) is 19.7 Å². The number of alkyl halides is 3. The molecule has 3 N–H and O–H groups in total. The zero-order chi connectivity index (χ0) is 25.5. The molecule has 4 atom stereocenters. The minimum absolute atomic E-state index is 0. The van der Waals surface area contributed by atoms with Crippen LogP contribution in [0.2, 0.25) is 0 Å². The average Bonchev–Trinajstić information content (AvgIpc) is 3.23. The average molecular weight is 533 g/mol. The molecule has 0 aromatic heterocycles. The van der Waals surface area contributed by atoms with Crippen LogP contribution >= 0.6 is 12.4 Å². The van der Waals surface area contributed by atoms with Crippen LogP contribution in [0, 0.1) is 5.41 Å². The second kappa shape index (κ2) is 10.5. The highest BCUT2D eigenvalue weighted by atomic mass is 35.5. The highest BCUT2D eigenvalue weighted by Gasteiger charge is 2.55. The molecule has 2 fully saturated rings. The molecule has 3 aliphatic rings. The molecule has 3 heterocycles. The fraction of sp³-hybridized carbons (Fsp3) is 0.625. The maximum absolute atomic E-state index is 13.4. The third-order valence-corrected chi connectivity index (χ3v) is 7.33. The molecule has 12 heteroatoms. The summed E-state index contributed by atoms with van der Waals surface area (Å²) in [5.41, 5.74) is 4.36. The molecule has 0 bridgehead atoms. The Bertz CT molecular complexity index is 1010. The van der Waals surface area contributed by atoms with Gasteiger partial charge in [0.2, 0.25) is 17.7 Å². The van der Waals surface area contributed by atoms with Crippen molar-refractivity contribution in [1.29, 1.82) is 0 Å². The maximum Gasteiger partial charge on any atom is 0.402 e. The summed E-state index contributed by atoms with van der Waals surface area (Å²) in [4.78, 5) is 41.8. The zero-order valence-electron chi connectivity index (χ0n) is 20.2. The van der Waals surface area contributed by atoms with Crippen LogP contribution in [0.5, 0.6) is 5.75 Å². The first-order chi connectivity index (χ1) is 16.4. The number of carbonyl (C=O) groups excluding carboxylic acids is 3. The standard InChI is InChI=1S/C24H31F3N4O4.ClH/c1-23(2,24(25,26)27)22(34)30-11-9-14-7-8-18(31(14)21(33)16(28)13-30)20(32)29-17-10-12-35-19-6-4-3-5-15(17)19;/h3-6,14,16-18H,7-13,28H2,1-2H3,(H,29,32);1H/t14-,16+,17-,18+;/m1./s1. The number of para-hydroxylation sites is 1. The lowest BCUT2D eigenvalue weighted by molar-refractivity contribution is -0.217. The fourth-order valence-corrected chi connectivity index (χ4v) is 5.12. The van der Waals surface area contributed by atoms with Crippen molar-refractivity contribution in [3.05, 3.63) is 29.8 Å². The van der Waals surface area contributed by atoms with Crippen LogP contribution in [0.3, 0.4) is 0 Å². The molecule has 0 unspecified atom stereocenters. The number of carbonyl (C=O) groups is 3. The van der Waals surface area contributed by atoms with E-state index in [1.165, 1.54) is 4.90 Å². The first-order valence-corrected chi connectivity index (χ1v) is 11.9. The van der Waals surface area contributed by atoms with Gasteiger partial charge in [0.25, 0.3) is 0 Å². The summed E-state index contributed by atoms with van der Waals surface area (Å²) >= 11 is 0. The van der Waals surface area contributed by atoms with Gasteiger partial charge in [-0.15, -0.1) is 12.4 Å². The number of nitrogens with two attached hydrogens (primary N) is 1. The van der Waals surface area contributed by atoms with E-state index in [0.29, 0.717) is 31.6 Å². The van der Waals surface area contributed by atoms with E-state index in [9.17, 15) is 27.6 Å². The van der Waals surface area contributed by atoms with Crippen molar-refractivity contribution in [2.45, 2.75) is 69.9 Å². The van der Waals surface area contributed by atoms with Crippen molar-refractivity contribution in [3.8, 4) is 5.75 Å². The number of halogens is 4. The number of nitrogens with zero attached hydrogens (tertiary/aromatic N) is 2. The van der Waals surface area contributed by atoms with E-state index in [1.807, 2.05) is 24.3 Å². The van der Waals surface area contributed by atoms with Crippen molar-refractivity contribution >= 4 is 30.1 Å². The highest BCUT2D eigenvalue weighted by molar-refractivity contribution is 5.92. The molecule has 36 heavy (non-hydrogen) atoms. The molecule has 3 amide bonds. The monoisotopic (exact) mass is 532 g/mol. The lowest BCUT2D eigenvalue weighted by Crippen LogP contribution is -2.61. The SMILES string of the molecule is CC(C)(C(=O)N1CC[C@H]2CC[C@@H](C(=O)N[C@@H]3CCOc4ccccc43)N2C(=O)[C@@H](N)C1)C(F)(F)F.Cl. The van der Waals surface area contributed by atoms with E-state index in [4.69, 9.17) is 10.5 Å². The molecular formula is C24H32ClF3N4O4. The number of nitrogens with one attached hydrogen (secondary N) is 1. The van der Waals surface area contributed by atoms with Crippen molar-refractivity contribution < 1.29 is 32.3 Å². The molecule has 8 nitrogen and oxygen atoms in total. The normalized spacial score (nSPS) is 26.6. The van der Waals surface area contributed by atoms with Gasteiger partial charge in [0.15, 0.2) is 0 Å². The molecule has 1 aromatic carbocycles. The third kappa shape index (κ3) is 5.13. The summed E-state index contributed by atoms with van der Waals surface area (Å²) in [5, 5.41) is 3.04. The summed E-state index contributed by atoms with van der Waals surface area (Å²) in [6, 6.07) is 4.89. The Morgan fingerprint density at radius 2 is 1.81 bits per heavy atom. The molecule has 0 aliphatic carbocycles. The lowest BCUT2D eigenvalue weighted by Gasteiger charge is -2.40. The highest BCUT2D eigenvalue weighted by Crippen LogP contribution is 2.40. The Kier molecular flexibility index (Phi) is 8.14. The van der Waals surface area contributed by atoms with E-state index in [1.54, 1.807) is 0 Å². The maximum atomic E-state index is 13.4. The zero-order valence-corrected chi connectivity index (χ0v) is 21.0. The molecule has 0 saturated carbocycles. The van der Waals surface area contributed by atoms with E-state index >= 15 is 0 Å². The Morgan fingerprint density at radius 1 is 1.11 bits per heavy atom. The summed E-state index contributed by atoms with van der Waals surface area (Å²) in [6.45, 7) is 1.82. The molecule has 4 rings (SSSR count). The van der Waals surface area contributed by atoms with E-state index < -0.39 is 35.5 Å². The van der Waals surface area contributed by atoms with E-state index in [2.05, 4.69) is 5.32 Å². The largest absolute Gasteiger partial charge is 0.493 e. The van der Waals surface area contributed by atoms with Crippen molar-refractivity contribution in [3.63, 3.8) is 0 Å². The second-order valence-electron chi connectivity index (χ2n) is 10.00. The molecule has 2 saturated heterocycles. The van der Waals surface area contributed by atoms with Crippen molar-refractivity contribution in [1.82, 2.24) is 15.1 Å². The third-order valence-electron chi connectivity index (χ3n) is 7.33. The molecular weight excluding hydrogens is 501 g/mol. The molecule has 0 spiro atoms. The van der Waals surface area contributed by atoms with Crippen LogP contribution in [-0.2, 0) is 14.4 Å². The Labute approximate surface area is 214 Å². The first-order valence-electron chi connectivity index (χ1n) is 11.9. The number of benzene rings is 1. The van der Waals surface area contributed by atoms with Gasteiger partial charge in [-0.1, -0.05) is 18.2 Å². The predicted octanol–water partition coefficient (Wildman–Crippen LogP) is 2.56. The van der Waals surface area contributed by atoms with Gasteiger partial charge in [-0.05, 0) is 39.2 Å².